The second-order valence-electron chi connectivity index (χ2n) is 5.21. The molecule has 2 rings (SSSR count). The van der Waals surface area contributed by atoms with Gasteiger partial charge in [0.15, 0.2) is 0 Å². The highest BCUT2D eigenvalue weighted by Gasteiger charge is 2.17. The van der Waals surface area contributed by atoms with E-state index in [1.54, 1.807) is 0 Å². The number of ether oxygens (including phenoxy) is 1. The van der Waals surface area contributed by atoms with E-state index in [0.717, 1.165) is 15.6 Å². The van der Waals surface area contributed by atoms with Gasteiger partial charge in [0.05, 0.1) is 5.56 Å². The summed E-state index contributed by atoms with van der Waals surface area (Å²) in [6.07, 6.45) is 0. The molecule has 3 heteroatoms. The Balaban J connectivity index is 2.15. The molecule has 0 aromatic heterocycles. The first-order valence-electron chi connectivity index (χ1n) is 6.99. The molecule has 21 heavy (non-hydrogen) atoms. The largest absolute Gasteiger partial charge is 0.457 e. The Hall–Kier alpha value is -1.36. The van der Waals surface area contributed by atoms with Crippen LogP contribution in [0.25, 0.3) is 0 Å². The number of hydrogen-bond acceptors (Lipinski definition) is 2. The molecule has 2 nitrogen and oxygen atoms in total. The molecule has 2 aromatic carbocycles. The number of aryl methyl sites for hydroxylation is 1. The van der Waals surface area contributed by atoms with Gasteiger partial charge in [-0.05, 0) is 30.0 Å². The molecule has 0 saturated heterocycles. The van der Waals surface area contributed by atoms with Gasteiger partial charge in [0, 0.05) is 4.43 Å². The smallest absolute Gasteiger partial charge is 0.338 e. The van der Waals surface area contributed by atoms with Gasteiger partial charge in [-0.15, -0.1) is 0 Å². The number of esters is 1. The maximum atomic E-state index is 12.3. The van der Waals surface area contributed by atoms with E-state index in [1.165, 1.54) is 5.56 Å². The molecule has 110 valence electrons. The van der Waals surface area contributed by atoms with Gasteiger partial charge >= 0.3 is 5.97 Å². The van der Waals surface area contributed by atoms with Crippen molar-refractivity contribution < 1.29 is 9.53 Å². The second-order valence-corrected chi connectivity index (χ2v) is 6.09. The number of hydrogen-bond donors (Lipinski definition) is 0. The molecule has 0 radical (unpaired) electrons. The summed E-state index contributed by atoms with van der Waals surface area (Å²) < 4.78 is 6.42. The van der Waals surface area contributed by atoms with Gasteiger partial charge in [-0.25, -0.2) is 4.79 Å². The van der Waals surface area contributed by atoms with Gasteiger partial charge in [-0.2, -0.15) is 0 Å². The van der Waals surface area contributed by atoms with Gasteiger partial charge in [0.25, 0.3) is 0 Å². The van der Waals surface area contributed by atoms with E-state index in [1.807, 2.05) is 49.4 Å². The van der Waals surface area contributed by atoms with Crippen molar-refractivity contribution >= 4 is 28.6 Å². The number of alkyl halides is 1. The third-order valence-electron chi connectivity index (χ3n) is 3.40. The van der Waals surface area contributed by atoms with Crippen molar-refractivity contribution in [2.75, 3.05) is 4.43 Å². The lowest BCUT2D eigenvalue weighted by Gasteiger charge is -2.15. The summed E-state index contributed by atoms with van der Waals surface area (Å²) in [6.45, 7) is 4.49. The first kappa shape index (κ1) is 16.0. The minimum Gasteiger partial charge on any atom is -0.457 e. The van der Waals surface area contributed by atoms with E-state index >= 15 is 0 Å². The van der Waals surface area contributed by atoms with Crippen LogP contribution in [-0.4, -0.2) is 10.4 Å². The van der Waals surface area contributed by atoms with Crippen LogP contribution >= 0.6 is 22.6 Å². The molecule has 0 bridgehead atoms. The highest BCUT2D eigenvalue weighted by atomic mass is 127. The van der Waals surface area contributed by atoms with Crippen LogP contribution in [0.15, 0.2) is 48.5 Å². The zero-order valence-electron chi connectivity index (χ0n) is 12.3. The van der Waals surface area contributed by atoms with Crippen LogP contribution in [0.2, 0.25) is 0 Å². The van der Waals surface area contributed by atoms with Crippen LogP contribution in [0.4, 0.5) is 0 Å². The third kappa shape index (κ3) is 4.30. The summed E-state index contributed by atoms with van der Waals surface area (Å²) in [6, 6.07) is 15.7. The maximum absolute atomic E-state index is 12.3. The number of carbonyl (C=O) groups excluding carboxylic acids is 1. The third-order valence-corrected chi connectivity index (χ3v) is 4.72. The van der Waals surface area contributed by atoms with Crippen molar-refractivity contribution in [3.8, 4) is 0 Å². The number of halogens is 1. The fourth-order valence-corrected chi connectivity index (χ4v) is 2.63. The molecule has 1 atom stereocenters. The molecule has 0 fully saturated rings. The van der Waals surface area contributed by atoms with Gasteiger partial charge < -0.3 is 4.74 Å². The minimum absolute atomic E-state index is 0.245. The van der Waals surface area contributed by atoms with Crippen LogP contribution in [0.3, 0.4) is 0 Å². The molecule has 0 spiro atoms. The topological polar surface area (TPSA) is 26.3 Å². The quantitative estimate of drug-likeness (QED) is 0.410. The van der Waals surface area contributed by atoms with E-state index in [-0.39, 0.29) is 5.97 Å². The Morgan fingerprint density at radius 3 is 2.57 bits per heavy atom. The molecule has 0 N–H and O–H groups in total. The Morgan fingerprint density at radius 1 is 1.19 bits per heavy atom. The van der Waals surface area contributed by atoms with Crippen molar-refractivity contribution in [2.45, 2.75) is 26.4 Å². The lowest BCUT2D eigenvalue weighted by Crippen LogP contribution is -2.11. The van der Waals surface area contributed by atoms with E-state index in [4.69, 9.17) is 4.74 Å². The molecular weight excluding hydrogens is 375 g/mol. The summed E-state index contributed by atoms with van der Waals surface area (Å²) in [5.41, 5.74) is 3.92. The minimum atomic E-state index is -0.245. The Bertz CT molecular complexity index is 608. The van der Waals surface area contributed by atoms with E-state index < -0.39 is 0 Å². The van der Waals surface area contributed by atoms with Crippen LogP contribution in [0.5, 0.6) is 0 Å². The van der Waals surface area contributed by atoms with Gasteiger partial charge in [-0.3, -0.25) is 0 Å². The highest BCUT2D eigenvalue weighted by Crippen LogP contribution is 2.24. The zero-order chi connectivity index (χ0) is 15.2. The molecule has 0 aliphatic heterocycles. The zero-order valence-corrected chi connectivity index (χ0v) is 14.5. The molecule has 0 heterocycles. The van der Waals surface area contributed by atoms with Gasteiger partial charge in [0.1, 0.15) is 6.61 Å². The number of benzene rings is 2. The fourth-order valence-electron chi connectivity index (χ4n) is 2.16. The van der Waals surface area contributed by atoms with E-state index in [2.05, 4.69) is 35.6 Å². The Kier molecular flexibility index (Phi) is 5.79. The lowest BCUT2D eigenvalue weighted by molar-refractivity contribution is 0.0471. The fraction of sp³-hybridized carbons (Fsp3) is 0.278. The van der Waals surface area contributed by atoms with Crippen molar-refractivity contribution in [1.29, 1.82) is 0 Å². The lowest BCUT2D eigenvalue weighted by atomic mass is 9.95. The van der Waals surface area contributed by atoms with Crippen LogP contribution < -0.4 is 0 Å². The SMILES string of the molecule is Cc1ccc(C(=O)OCc2ccccc2)c(C(C)CI)c1. The Labute approximate surface area is 139 Å². The first-order chi connectivity index (χ1) is 10.1. The molecule has 0 aliphatic carbocycles. The normalized spacial score (nSPS) is 12.0. The van der Waals surface area contributed by atoms with Crippen molar-refractivity contribution in [3.63, 3.8) is 0 Å². The monoisotopic (exact) mass is 394 g/mol. The summed E-state index contributed by atoms with van der Waals surface area (Å²) in [7, 11) is 0. The Morgan fingerprint density at radius 2 is 1.90 bits per heavy atom. The summed E-state index contributed by atoms with van der Waals surface area (Å²) >= 11 is 2.35. The standard InChI is InChI=1S/C18H19IO2/c1-13-8-9-16(17(10-13)14(2)11-19)18(20)21-12-15-6-4-3-5-7-15/h3-10,14H,11-12H2,1-2H3. The average Bonchev–Trinajstić information content (AvgIpc) is 2.52. The number of carbonyl (C=O) groups is 1. The van der Waals surface area contributed by atoms with Crippen LogP contribution in [-0.2, 0) is 11.3 Å². The van der Waals surface area contributed by atoms with Gasteiger partial charge in [-0.1, -0.05) is 77.5 Å². The highest BCUT2D eigenvalue weighted by molar-refractivity contribution is 14.1. The molecule has 2 aromatic rings. The first-order valence-corrected chi connectivity index (χ1v) is 8.52. The molecule has 0 saturated carbocycles. The average molecular weight is 394 g/mol. The predicted octanol–water partition coefficient (Wildman–Crippen LogP) is 4.89. The van der Waals surface area contributed by atoms with Crippen molar-refractivity contribution in [3.05, 3.63) is 70.8 Å². The maximum Gasteiger partial charge on any atom is 0.338 e. The molecule has 1 unspecified atom stereocenters. The summed E-state index contributed by atoms with van der Waals surface area (Å²) in [5, 5.41) is 0. The molecule has 0 amide bonds. The molecular formula is C18H19IO2. The van der Waals surface area contributed by atoms with Gasteiger partial charge in [0.2, 0.25) is 0 Å². The van der Waals surface area contributed by atoms with Crippen molar-refractivity contribution in [1.82, 2.24) is 0 Å². The van der Waals surface area contributed by atoms with E-state index in [9.17, 15) is 4.79 Å². The van der Waals surface area contributed by atoms with Crippen LogP contribution in [0, 0.1) is 6.92 Å². The second kappa shape index (κ2) is 7.59. The summed E-state index contributed by atoms with van der Waals surface area (Å²) in [4.78, 5) is 12.3. The van der Waals surface area contributed by atoms with Crippen molar-refractivity contribution in [2.24, 2.45) is 0 Å². The predicted molar refractivity (Wildman–Crippen MR) is 94.0 cm³/mol. The molecule has 0 aliphatic rings. The summed E-state index contributed by atoms with van der Waals surface area (Å²) in [5.74, 6) is 0.0929. The number of rotatable bonds is 5. The van der Waals surface area contributed by atoms with E-state index in [0.29, 0.717) is 18.1 Å². The van der Waals surface area contributed by atoms with Crippen LogP contribution in [0.1, 0.15) is 39.9 Å².